The maximum atomic E-state index is 5.90. The Bertz CT molecular complexity index is 492. The molecule has 0 amide bonds. The van der Waals surface area contributed by atoms with Crippen molar-refractivity contribution in [1.29, 1.82) is 0 Å². The van der Waals surface area contributed by atoms with Crippen LogP contribution < -0.4 is 11.1 Å². The number of nitrogen functional groups attached to an aromatic ring is 1. The van der Waals surface area contributed by atoms with Gasteiger partial charge in [-0.1, -0.05) is 37.3 Å². The van der Waals surface area contributed by atoms with Crippen molar-refractivity contribution in [3.05, 3.63) is 59.7 Å². The van der Waals surface area contributed by atoms with Crippen LogP contribution in [-0.4, -0.2) is 0 Å². The maximum absolute atomic E-state index is 5.90. The summed E-state index contributed by atoms with van der Waals surface area (Å²) < 4.78 is 0. The summed E-state index contributed by atoms with van der Waals surface area (Å²) in [7, 11) is 0. The van der Waals surface area contributed by atoms with Gasteiger partial charge in [-0.15, -0.1) is 0 Å². The molecule has 0 saturated heterocycles. The number of hydrogen-bond acceptors (Lipinski definition) is 2. The summed E-state index contributed by atoms with van der Waals surface area (Å²) in [5.41, 5.74) is 10.4. The van der Waals surface area contributed by atoms with Crippen molar-refractivity contribution in [3.63, 3.8) is 0 Å². The molecule has 2 aromatic rings. The van der Waals surface area contributed by atoms with Gasteiger partial charge in [0.2, 0.25) is 0 Å². The van der Waals surface area contributed by atoms with Crippen LogP contribution in [0.25, 0.3) is 0 Å². The van der Waals surface area contributed by atoms with E-state index in [0.29, 0.717) is 0 Å². The Morgan fingerprint density at radius 2 is 1.88 bits per heavy atom. The molecule has 17 heavy (non-hydrogen) atoms. The molecule has 88 valence electrons. The van der Waals surface area contributed by atoms with Crippen molar-refractivity contribution in [2.24, 2.45) is 0 Å². The Balaban J connectivity index is 2.05. The summed E-state index contributed by atoms with van der Waals surface area (Å²) in [6.07, 6.45) is 1.06. The number of hydrogen-bond donors (Lipinski definition) is 2. The zero-order chi connectivity index (χ0) is 12.1. The SMILES string of the molecule is CCc1cccc(NCc2ccccc2N)c1. The second-order valence-corrected chi connectivity index (χ2v) is 4.11. The number of nitrogens with two attached hydrogens (primary N) is 1. The zero-order valence-electron chi connectivity index (χ0n) is 10.1. The standard InChI is InChI=1S/C15H18N2/c1-2-12-6-5-8-14(10-12)17-11-13-7-3-4-9-15(13)16/h3-10,17H,2,11,16H2,1H3. The van der Waals surface area contributed by atoms with Gasteiger partial charge < -0.3 is 11.1 Å². The van der Waals surface area contributed by atoms with Crippen LogP contribution in [0.15, 0.2) is 48.5 Å². The number of rotatable bonds is 4. The quantitative estimate of drug-likeness (QED) is 0.784. The predicted molar refractivity (Wildman–Crippen MR) is 74.0 cm³/mol. The van der Waals surface area contributed by atoms with E-state index in [0.717, 1.165) is 29.9 Å². The van der Waals surface area contributed by atoms with Gasteiger partial charge >= 0.3 is 0 Å². The molecule has 0 heterocycles. The van der Waals surface area contributed by atoms with Crippen LogP contribution in [0, 0.1) is 0 Å². The number of anilines is 2. The molecule has 0 spiro atoms. The highest BCUT2D eigenvalue weighted by molar-refractivity contribution is 5.51. The largest absolute Gasteiger partial charge is 0.398 e. The first-order valence-corrected chi connectivity index (χ1v) is 5.96. The van der Waals surface area contributed by atoms with Gasteiger partial charge in [-0.2, -0.15) is 0 Å². The highest BCUT2D eigenvalue weighted by atomic mass is 14.9. The smallest absolute Gasteiger partial charge is 0.0421 e. The van der Waals surface area contributed by atoms with Gasteiger partial charge in [-0.25, -0.2) is 0 Å². The van der Waals surface area contributed by atoms with Crippen molar-refractivity contribution in [2.75, 3.05) is 11.1 Å². The van der Waals surface area contributed by atoms with E-state index >= 15 is 0 Å². The first-order valence-electron chi connectivity index (χ1n) is 5.96. The number of aryl methyl sites for hydroxylation is 1. The van der Waals surface area contributed by atoms with E-state index in [4.69, 9.17) is 5.73 Å². The molecular weight excluding hydrogens is 208 g/mol. The summed E-state index contributed by atoms with van der Waals surface area (Å²) in [4.78, 5) is 0. The molecule has 0 radical (unpaired) electrons. The van der Waals surface area contributed by atoms with Crippen LogP contribution in [0.4, 0.5) is 11.4 Å². The Labute approximate surface area is 102 Å². The zero-order valence-corrected chi connectivity index (χ0v) is 10.1. The summed E-state index contributed by atoms with van der Waals surface area (Å²) in [5.74, 6) is 0. The number of benzene rings is 2. The molecule has 2 rings (SSSR count). The average Bonchev–Trinajstić information content (AvgIpc) is 2.38. The summed E-state index contributed by atoms with van der Waals surface area (Å²) >= 11 is 0. The molecule has 0 aliphatic rings. The molecule has 0 aromatic heterocycles. The first-order chi connectivity index (χ1) is 8.29. The second kappa shape index (κ2) is 5.39. The van der Waals surface area contributed by atoms with Crippen molar-refractivity contribution in [2.45, 2.75) is 19.9 Å². The Kier molecular flexibility index (Phi) is 3.66. The summed E-state index contributed by atoms with van der Waals surface area (Å²) in [6, 6.07) is 16.4. The Hall–Kier alpha value is -1.96. The van der Waals surface area contributed by atoms with Gasteiger partial charge in [0.15, 0.2) is 0 Å². The molecule has 0 unspecified atom stereocenters. The molecule has 0 fully saturated rings. The summed E-state index contributed by atoms with van der Waals surface area (Å²) in [5, 5.41) is 3.40. The van der Waals surface area contributed by atoms with Crippen LogP contribution in [0.5, 0.6) is 0 Å². The fourth-order valence-corrected chi connectivity index (χ4v) is 1.79. The Morgan fingerprint density at radius 3 is 2.65 bits per heavy atom. The summed E-state index contributed by atoms with van der Waals surface area (Å²) in [6.45, 7) is 2.92. The monoisotopic (exact) mass is 226 g/mol. The number of nitrogens with one attached hydrogen (secondary N) is 1. The van der Waals surface area contributed by atoms with Crippen LogP contribution in [-0.2, 0) is 13.0 Å². The minimum absolute atomic E-state index is 0.764. The lowest BCUT2D eigenvalue weighted by molar-refractivity contribution is 1.12. The molecule has 0 atom stereocenters. The third-order valence-corrected chi connectivity index (χ3v) is 2.87. The third-order valence-electron chi connectivity index (χ3n) is 2.87. The molecule has 0 aliphatic heterocycles. The number of para-hydroxylation sites is 1. The fraction of sp³-hybridized carbons (Fsp3) is 0.200. The van der Waals surface area contributed by atoms with E-state index in [1.807, 2.05) is 24.3 Å². The molecular formula is C15H18N2. The molecule has 2 aromatic carbocycles. The van der Waals surface area contributed by atoms with Gasteiger partial charge in [0, 0.05) is 17.9 Å². The van der Waals surface area contributed by atoms with E-state index in [1.165, 1.54) is 5.56 Å². The first kappa shape index (κ1) is 11.5. The van der Waals surface area contributed by atoms with Crippen molar-refractivity contribution < 1.29 is 0 Å². The lowest BCUT2D eigenvalue weighted by Gasteiger charge is -2.09. The minimum Gasteiger partial charge on any atom is -0.398 e. The van der Waals surface area contributed by atoms with Crippen molar-refractivity contribution in [3.8, 4) is 0 Å². The second-order valence-electron chi connectivity index (χ2n) is 4.11. The normalized spacial score (nSPS) is 10.2. The predicted octanol–water partition coefficient (Wildman–Crippen LogP) is 3.44. The Morgan fingerprint density at radius 1 is 1.06 bits per heavy atom. The lowest BCUT2D eigenvalue weighted by Crippen LogP contribution is -2.02. The molecule has 2 heteroatoms. The molecule has 3 N–H and O–H groups in total. The lowest BCUT2D eigenvalue weighted by atomic mass is 10.1. The van der Waals surface area contributed by atoms with Crippen molar-refractivity contribution in [1.82, 2.24) is 0 Å². The average molecular weight is 226 g/mol. The third kappa shape index (κ3) is 3.00. The van der Waals surface area contributed by atoms with Crippen LogP contribution in [0.1, 0.15) is 18.1 Å². The van der Waals surface area contributed by atoms with Gasteiger partial charge in [0.05, 0.1) is 0 Å². The maximum Gasteiger partial charge on any atom is 0.0421 e. The highest BCUT2D eigenvalue weighted by Gasteiger charge is 1.98. The molecule has 0 aliphatic carbocycles. The van der Waals surface area contributed by atoms with Gasteiger partial charge in [-0.3, -0.25) is 0 Å². The van der Waals surface area contributed by atoms with E-state index in [9.17, 15) is 0 Å². The van der Waals surface area contributed by atoms with Gasteiger partial charge in [0.25, 0.3) is 0 Å². The molecule has 2 nitrogen and oxygen atoms in total. The van der Waals surface area contributed by atoms with Crippen LogP contribution >= 0.6 is 0 Å². The van der Waals surface area contributed by atoms with E-state index < -0.39 is 0 Å². The van der Waals surface area contributed by atoms with Gasteiger partial charge in [0.1, 0.15) is 0 Å². The van der Waals surface area contributed by atoms with Gasteiger partial charge in [-0.05, 0) is 35.7 Å². The topological polar surface area (TPSA) is 38.0 Å². The van der Waals surface area contributed by atoms with E-state index in [2.05, 4.69) is 36.5 Å². The van der Waals surface area contributed by atoms with Crippen LogP contribution in [0.3, 0.4) is 0 Å². The molecule has 0 bridgehead atoms. The minimum atomic E-state index is 0.764. The van der Waals surface area contributed by atoms with Crippen LogP contribution in [0.2, 0.25) is 0 Å². The van der Waals surface area contributed by atoms with E-state index in [-0.39, 0.29) is 0 Å². The molecule has 0 saturated carbocycles. The van der Waals surface area contributed by atoms with Crippen molar-refractivity contribution >= 4 is 11.4 Å². The highest BCUT2D eigenvalue weighted by Crippen LogP contribution is 2.15. The van der Waals surface area contributed by atoms with E-state index in [1.54, 1.807) is 0 Å². The fourth-order valence-electron chi connectivity index (χ4n) is 1.79.